The second kappa shape index (κ2) is 4.92. The van der Waals surface area contributed by atoms with E-state index in [1.54, 1.807) is 0 Å². The molecule has 0 N–H and O–H groups in total. The van der Waals surface area contributed by atoms with Gasteiger partial charge in [0.1, 0.15) is 14.2 Å². The fourth-order valence-electron chi connectivity index (χ4n) is 0.674. The molecule has 0 aliphatic rings. The minimum Gasteiger partial charge on any atom is -0.440 e. The molecule has 1 aromatic carbocycles. The number of rotatable bonds is 2. The molecule has 1 nitrogen and oxygen atoms in total. The van der Waals surface area contributed by atoms with Gasteiger partial charge in [-0.2, -0.15) is 0 Å². The zero-order valence-corrected chi connectivity index (χ0v) is 6.77. The maximum absolute atomic E-state index is 5.12. The van der Waals surface area contributed by atoms with E-state index in [9.17, 15) is 0 Å². The molecule has 0 saturated heterocycles. The molecule has 2 heteroatoms. The summed E-state index contributed by atoms with van der Waals surface area (Å²) in [6.45, 7) is 2.05. The van der Waals surface area contributed by atoms with E-state index in [2.05, 4.69) is 6.30 Å². The summed E-state index contributed by atoms with van der Waals surface area (Å²) in [5.41, 5.74) is 1.24. The second-order valence-electron chi connectivity index (χ2n) is 2.03. The van der Waals surface area contributed by atoms with Crippen LogP contribution in [-0.4, -0.2) is 6.30 Å². The molecule has 0 spiro atoms. The Labute approximate surface area is 69.9 Å². The Bertz CT molecular complexity index is 216. The first-order valence-corrected chi connectivity index (χ1v) is 4.02. The molecule has 0 unspecified atom stereocenters. The lowest BCUT2D eigenvalue weighted by atomic mass is 10.2. The van der Waals surface area contributed by atoms with E-state index < -0.39 is 0 Å². The van der Waals surface area contributed by atoms with Crippen LogP contribution in [0.25, 0.3) is 0 Å². The van der Waals surface area contributed by atoms with Gasteiger partial charge in [-0.15, -0.1) is 0 Å². The van der Waals surface area contributed by atoms with Gasteiger partial charge >= 0.3 is 0 Å². The molecule has 0 saturated carbocycles. The van der Waals surface area contributed by atoms with Crippen LogP contribution in [0.15, 0.2) is 24.3 Å². The Morgan fingerprint density at radius 3 is 2.27 bits per heavy atom. The summed E-state index contributed by atoms with van der Waals surface area (Å²) >= 11 is 0. The predicted molar refractivity (Wildman–Crippen MR) is 52.6 cm³/mol. The highest BCUT2D eigenvalue weighted by atomic mass is 31.1. The van der Waals surface area contributed by atoms with Crippen molar-refractivity contribution in [3.8, 4) is 5.75 Å². The Morgan fingerprint density at radius 1 is 1.27 bits per heavy atom. The minimum absolute atomic E-state index is 0. The van der Waals surface area contributed by atoms with Crippen molar-refractivity contribution in [1.29, 1.82) is 0 Å². The van der Waals surface area contributed by atoms with E-state index in [4.69, 9.17) is 4.52 Å². The highest BCUT2D eigenvalue weighted by Crippen LogP contribution is 2.14. The molecule has 0 atom stereocenters. The first-order chi connectivity index (χ1) is 4.83. The van der Waals surface area contributed by atoms with Crippen LogP contribution in [0, 0.1) is 6.92 Å². The molecule has 0 fully saturated rings. The summed E-state index contributed by atoms with van der Waals surface area (Å²) in [5, 5.41) is 0. The minimum atomic E-state index is 0. The summed E-state index contributed by atoms with van der Waals surface area (Å²) in [6.07, 6.45) is 3.55. The van der Waals surface area contributed by atoms with Gasteiger partial charge in [-0.05, 0) is 25.4 Å². The van der Waals surface area contributed by atoms with E-state index in [0.717, 1.165) is 5.75 Å². The zero-order chi connectivity index (χ0) is 7.40. The molecular formula is C9H13OP. The summed E-state index contributed by atoms with van der Waals surface area (Å²) < 4.78 is 5.12. The molecule has 0 aliphatic heterocycles. The van der Waals surface area contributed by atoms with Gasteiger partial charge in [0.05, 0.1) is 0 Å². The van der Waals surface area contributed by atoms with Crippen LogP contribution in [0.3, 0.4) is 0 Å². The smallest absolute Gasteiger partial charge is 0.131 e. The van der Waals surface area contributed by atoms with E-state index in [0.29, 0.717) is 8.43 Å². The molecule has 11 heavy (non-hydrogen) atoms. The molecule has 0 aromatic heterocycles. The molecule has 1 rings (SSSR count). The Kier molecular flexibility index (Phi) is 4.56. The first-order valence-electron chi connectivity index (χ1n) is 3.02. The predicted octanol–water partition coefficient (Wildman–Crippen LogP) is 3.30. The number of hydrogen-bond donors (Lipinski definition) is 0. The Hall–Kier alpha value is -0.810. The Morgan fingerprint density at radius 2 is 1.82 bits per heavy atom. The quantitative estimate of drug-likeness (QED) is 0.615. The molecule has 0 heterocycles. The summed E-state index contributed by atoms with van der Waals surface area (Å²) in [5.74, 6) is 0.877. The lowest BCUT2D eigenvalue weighted by molar-refractivity contribution is 0.643. The standard InChI is InChI=1S/C8H9OP.CH4/c1-7-3-5-8(6-4-7)9-10-2;/h3-6H,2H2,1H3;1H4. The maximum Gasteiger partial charge on any atom is 0.131 e. The molecule has 1 aromatic rings. The fourth-order valence-corrected chi connectivity index (χ4v) is 0.944. The van der Waals surface area contributed by atoms with Crippen LogP contribution in [0.5, 0.6) is 5.75 Å². The van der Waals surface area contributed by atoms with E-state index in [-0.39, 0.29) is 7.43 Å². The first kappa shape index (κ1) is 10.2. The van der Waals surface area contributed by atoms with Gasteiger partial charge in [0.2, 0.25) is 0 Å². The third-order valence-electron chi connectivity index (χ3n) is 1.19. The SMILES string of the molecule is C.C=POc1ccc(C)cc1. The number of benzene rings is 1. The van der Waals surface area contributed by atoms with Crippen molar-refractivity contribution in [1.82, 2.24) is 0 Å². The van der Waals surface area contributed by atoms with Crippen molar-refractivity contribution < 1.29 is 4.52 Å². The van der Waals surface area contributed by atoms with Crippen molar-refractivity contribution in [3.05, 3.63) is 29.8 Å². The number of aryl methyl sites for hydroxylation is 1. The third-order valence-corrected chi connectivity index (χ3v) is 1.53. The van der Waals surface area contributed by atoms with Crippen LogP contribution in [0.2, 0.25) is 0 Å². The average molecular weight is 168 g/mol. The van der Waals surface area contributed by atoms with E-state index >= 15 is 0 Å². The lowest BCUT2D eigenvalue weighted by Crippen LogP contribution is -1.74. The average Bonchev–Trinajstić information content (AvgIpc) is 1.95. The van der Waals surface area contributed by atoms with Crippen LogP contribution >= 0.6 is 8.43 Å². The topological polar surface area (TPSA) is 9.23 Å². The molecule has 0 aliphatic carbocycles. The molecular weight excluding hydrogens is 155 g/mol. The van der Waals surface area contributed by atoms with Crippen molar-refractivity contribution in [2.24, 2.45) is 0 Å². The summed E-state index contributed by atoms with van der Waals surface area (Å²) in [6, 6.07) is 7.90. The third kappa shape index (κ3) is 3.20. The van der Waals surface area contributed by atoms with Crippen molar-refractivity contribution in [3.63, 3.8) is 0 Å². The Balaban J connectivity index is 0.000001000. The maximum atomic E-state index is 5.12. The highest BCUT2D eigenvalue weighted by Gasteiger charge is 1.87. The van der Waals surface area contributed by atoms with Gasteiger partial charge in [0.25, 0.3) is 0 Å². The molecule has 0 amide bonds. The summed E-state index contributed by atoms with van der Waals surface area (Å²) in [7, 11) is 0.696. The largest absolute Gasteiger partial charge is 0.440 e. The monoisotopic (exact) mass is 168 g/mol. The van der Waals surface area contributed by atoms with Gasteiger partial charge < -0.3 is 4.52 Å². The van der Waals surface area contributed by atoms with Gasteiger partial charge in [-0.25, -0.2) is 0 Å². The van der Waals surface area contributed by atoms with E-state index in [1.807, 2.05) is 31.2 Å². The second-order valence-corrected chi connectivity index (χ2v) is 2.47. The molecule has 0 bridgehead atoms. The van der Waals surface area contributed by atoms with Crippen molar-refractivity contribution in [2.45, 2.75) is 14.4 Å². The van der Waals surface area contributed by atoms with Crippen LogP contribution in [0.4, 0.5) is 0 Å². The van der Waals surface area contributed by atoms with E-state index in [1.165, 1.54) is 5.56 Å². The van der Waals surface area contributed by atoms with Gasteiger partial charge in [-0.3, -0.25) is 0 Å². The fraction of sp³-hybridized carbons (Fsp3) is 0.222. The van der Waals surface area contributed by atoms with Crippen LogP contribution in [-0.2, 0) is 0 Å². The highest BCUT2D eigenvalue weighted by molar-refractivity contribution is 7.31. The van der Waals surface area contributed by atoms with Crippen LogP contribution < -0.4 is 4.52 Å². The molecule has 0 radical (unpaired) electrons. The van der Waals surface area contributed by atoms with Crippen molar-refractivity contribution >= 4 is 14.7 Å². The van der Waals surface area contributed by atoms with Gasteiger partial charge in [-0.1, -0.05) is 25.1 Å². The molecule has 60 valence electrons. The summed E-state index contributed by atoms with van der Waals surface area (Å²) in [4.78, 5) is 0. The lowest BCUT2D eigenvalue weighted by Gasteiger charge is -1.96. The van der Waals surface area contributed by atoms with Gasteiger partial charge in [0, 0.05) is 0 Å². The normalized spacial score (nSPS) is 8.82. The van der Waals surface area contributed by atoms with Crippen LogP contribution in [0.1, 0.15) is 13.0 Å². The van der Waals surface area contributed by atoms with Gasteiger partial charge in [0.15, 0.2) is 0 Å². The van der Waals surface area contributed by atoms with Crippen molar-refractivity contribution in [2.75, 3.05) is 0 Å². The number of hydrogen-bond acceptors (Lipinski definition) is 1. The zero-order valence-electron chi connectivity index (χ0n) is 5.87.